The summed E-state index contributed by atoms with van der Waals surface area (Å²) in [6.45, 7) is 1.05. The summed E-state index contributed by atoms with van der Waals surface area (Å²) in [7, 11) is 0. The van der Waals surface area contributed by atoms with Crippen LogP contribution in [0.3, 0.4) is 0 Å². The van der Waals surface area contributed by atoms with Crippen molar-refractivity contribution in [3.05, 3.63) is 70.7 Å². The van der Waals surface area contributed by atoms with Crippen molar-refractivity contribution < 1.29 is 28.6 Å². The van der Waals surface area contributed by atoms with Crippen LogP contribution >= 0.6 is 11.6 Å². The fourth-order valence-electron chi connectivity index (χ4n) is 2.48. The Morgan fingerprint density at radius 2 is 1.66 bits per heavy atom. The van der Waals surface area contributed by atoms with Crippen molar-refractivity contribution in [2.75, 3.05) is 13.3 Å². The molecule has 1 unspecified atom stereocenters. The van der Waals surface area contributed by atoms with Crippen LogP contribution in [0.25, 0.3) is 0 Å². The molecule has 0 aliphatic carbocycles. The standard InChI is InChI=1S/C21H22ClNO6/c1-15(24)28-14-29-21(26)23-12-11-19(17-7-9-18(22)10-8-17)20(25)27-13-16-5-3-2-4-6-16/h2-10,19H,11-14H2,1H3,(H,23,26). The SMILES string of the molecule is CC(=O)OCOC(=O)NCCC(C(=O)OCc1ccccc1)c1ccc(Cl)cc1. The zero-order chi connectivity index (χ0) is 21.1. The van der Waals surface area contributed by atoms with Gasteiger partial charge in [0.25, 0.3) is 0 Å². The maximum atomic E-state index is 12.7. The number of rotatable bonds is 9. The number of halogens is 1. The third kappa shape index (κ3) is 8.23. The molecule has 0 saturated heterocycles. The van der Waals surface area contributed by atoms with Crippen LogP contribution < -0.4 is 5.32 Å². The molecule has 1 N–H and O–H groups in total. The van der Waals surface area contributed by atoms with E-state index in [0.717, 1.165) is 11.1 Å². The van der Waals surface area contributed by atoms with Gasteiger partial charge in [-0.3, -0.25) is 9.59 Å². The number of benzene rings is 2. The zero-order valence-electron chi connectivity index (χ0n) is 15.9. The van der Waals surface area contributed by atoms with E-state index in [2.05, 4.69) is 10.1 Å². The number of esters is 2. The van der Waals surface area contributed by atoms with Crippen LogP contribution in [-0.4, -0.2) is 31.4 Å². The average molecular weight is 420 g/mol. The lowest BCUT2D eigenvalue weighted by atomic mass is 9.96. The van der Waals surface area contributed by atoms with Gasteiger partial charge in [0.15, 0.2) is 0 Å². The number of carbonyl (C=O) groups excluding carboxylic acids is 3. The molecule has 0 aromatic heterocycles. The number of ether oxygens (including phenoxy) is 3. The minimum absolute atomic E-state index is 0.154. The molecule has 29 heavy (non-hydrogen) atoms. The topological polar surface area (TPSA) is 90.9 Å². The van der Waals surface area contributed by atoms with Crippen molar-refractivity contribution in [3.8, 4) is 0 Å². The fourth-order valence-corrected chi connectivity index (χ4v) is 2.61. The molecule has 0 fully saturated rings. The molecule has 8 heteroatoms. The predicted molar refractivity (Wildman–Crippen MR) is 106 cm³/mol. The molecule has 1 amide bonds. The van der Waals surface area contributed by atoms with Gasteiger partial charge in [-0.1, -0.05) is 54.1 Å². The van der Waals surface area contributed by atoms with Crippen molar-refractivity contribution in [1.82, 2.24) is 5.32 Å². The maximum absolute atomic E-state index is 12.7. The van der Waals surface area contributed by atoms with E-state index in [4.69, 9.17) is 21.1 Å². The summed E-state index contributed by atoms with van der Waals surface area (Å²) in [6.07, 6.45) is -0.462. The average Bonchev–Trinajstić information content (AvgIpc) is 2.71. The van der Waals surface area contributed by atoms with Gasteiger partial charge in [-0.05, 0) is 29.7 Å². The molecular weight excluding hydrogens is 398 g/mol. The lowest BCUT2D eigenvalue weighted by Crippen LogP contribution is -2.29. The van der Waals surface area contributed by atoms with Gasteiger partial charge < -0.3 is 19.5 Å². The van der Waals surface area contributed by atoms with Crippen LogP contribution in [0.15, 0.2) is 54.6 Å². The molecule has 0 aliphatic heterocycles. The van der Waals surface area contributed by atoms with Gasteiger partial charge in [-0.15, -0.1) is 0 Å². The number of nitrogens with one attached hydrogen (secondary N) is 1. The van der Waals surface area contributed by atoms with Gasteiger partial charge in [0, 0.05) is 18.5 Å². The third-order valence-electron chi connectivity index (χ3n) is 3.94. The first-order valence-electron chi connectivity index (χ1n) is 8.95. The van der Waals surface area contributed by atoms with E-state index in [-0.39, 0.29) is 19.6 Å². The number of hydrogen-bond acceptors (Lipinski definition) is 6. The first-order valence-corrected chi connectivity index (χ1v) is 9.33. The summed E-state index contributed by atoms with van der Waals surface area (Å²) < 4.78 is 14.7. The Labute approximate surface area is 173 Å². The van der Waals surface area contributed by atoms with Gasteiger partial charge >= 0.3 is 18.0 Å². The fraction of sp³-hybridized carbons (Fsp3) is 0.286. The highest BCUT2D eigenvalue weighted by molar-refractivity contribution is 6.30. The Morgan fingerprint density at radius 3 is 2.31 bits per heavy atom. The quantitative estimate of drug-likeness (QED) is 0.491. The molecule has 0 aliphatic rings. The molecular formula is C21H22ClNO6. The van der Waals surface area contributed by atoms with E-state index in [9.17, 15) is 14.4 Å². The van der Waals surface area contributed by atoms with E-state index < -0.39 is 30.7 Å². The van der Waals surface area contributed by atoms with Gasteiger partial charge in [0.05, 0.1) is 5.92 Å². The smallest absolute Gasteiger partial charge is 0.410 e. The molecule has 154 valence electrons. The second kappa shape index (κ2) is 11.7. The summed E-state index contributed by atoms with van der Waals surface area (Å²) in [5, 5.41) is 3.06. The van der Waals surface area contributed by atoms with E-state index in [1.165, 1.54) is 6.92 Å². The second-order valence-corrected chi connectivity index (χ2v) is 6.53. The summed E-state index contributed by atoms with van der Waals surface area (Å²) in [5.74, 6) is -1.56. The first-order chi connectivity index (χ1) is 14.0. The molecule has 0 radical (unpaired) electrons. The molecule has 0 bridgehead atoms. The molecule has 7 nitrogen and oxygen atoms in total. The minimum Gasteiger partial charge on any atom is -0.460 e. The first kappa shape index (κ1) is 22.2. The summed E-state index contributed by atoms with van der Waals surface area (Å²) in [5.41, 5.74) is 1.60. The van der Waals surface area contributed by atoms with Crippen LogP contribution in [0.4, 0.5) is 4.79 Å². The highest BCUT2D eigenvalue weighted by Crippen LogP contribution is 2.23. The largest absolute Gasteiger partial charge is 0.460 e. The summed E-state index contributed by atoms with van der Waals surface area (Å²) in [4.78, 5) is 34.9. The second-order valence-electron chi connectivity index (χ2n) is 6.10. The molecule has 0 saturated carbocycles. The molecule has 2 rings (SSSR count). The van der Waals surface area contributed by atoms with Crippen LogP contribution in [0.5, 0.6) is 0 Å². The number of carbonyl (C=O) groups is 3. The van der Waals surface area contributed by atoms with Crippen LogP contribution in [0, 0.1) is 0 Å². The molecule has 2 aromatic rings. The zero-order valence-corrected chi connectivity index (χ0v) is 16.7. The van der Waals surface area contributed by atoms with E-state index >= 15 is 0 Å². The molecule has 0 spiro atoms. The van der Waals surface area contributed by atoms with Crippen LogP contribution in [-0.2, 0) is 30.4 Å². The minimum atomic E-state index is -0.751. The van der Waals surface area contributed by atoms with E-state index in [1.54, 1.807) is 24.3 Å². The molecule has 2 aromatic carbocycles. The number of alkyl carbamates (subject to hydrolysis) is 1. The maximum Gasteiger partial charge on any atom is 0.410 e. The van der Waals surface area contributed by atoms with Crippen molar-refractivity contribution in [2.24, 2.45) is 0 Å². The Balaban J connectivity index is 1.92. The van der Waals surface area contributed by atoms with E-state index in [0.29, 0.717) is 5.02 Å². The molecule has 0 heterocycles. The van der Waals surface area contributed by atoms with Gasteiger partial charge in [-0.2, -0.15) is 0 Å². The Bertz CT molecular complexity index is 810. The predicted octanol–water partition coefficient (Wildman–Crippen LogP) is 3.80. The normalized spacial score (nSPS) is 11.2. The monoisotopic (exact) mass is 419 g/mol. The van der Waals surface area contributed by atoms with Crippen molar-refractivity contribution in [3.63, 3.8) is 0 Å². The summed E-state index contributed by atoms with van der Waals surface area (Å²) in [6, 6.07) is 16.2. The Hall–Kier alpha value is -3.06. The third-order valence-corrected chi connectivity index (χ3v) is 4.19. The van der Waals surface area contributed by atoms with Crippen molar-refractivity contribution in [1.29, 1.82) is 0 Å². The Morgan fingerprint density at radius 1 is 0.966 bits per heavy atom. The van der Waals surface area contributed by atoms with Crippen molar-refractivity contribution >= 4 is 29.6 Å². The van der Waals surface area contributed by atoms with E-state index in [1.807, 2.05) is 30.3 Å². The van der Waals surface area contributed by atoms with Gasteiger partial charge in [0.1, 0.15) is 6.61 Å². The highest BCUT2D eigenvalue weighted by atomic mass is 35.5. The lowest BCUT2D eigenvalue weighted by molar-refractivity contribution is -0.149. The molecule has 1 atom stereocenters. The lowest BCUT2D eigenvalue weighted by Gasteiger charge is -2.17. The Kier molecular flexibility index (Phi) is 8.98. The van der Waals surface area contributed by atoms with Gasteiger partial charge in [-0.25, -0.2) is 4.79 Å². The number of hydrogen-bond donors (Lipinski definition) is 1. The van der Waals surface area contributed by atoms with Crippen LogP contribution in [0.2, 0.25) is 5.02 Å². The van der Waals surface area contributed by atoms with Crippen molar-refractivity contribution in [2.45, 2.75) is 25.9 Å². The highest BCUT2D eigenvalue weighted by Gasteiger charge is 2.22. The number of amides is 1. The summed E-state index contributed by atoms with van der Waals surface area (Å²) >= 11 is 5.93. The van der Waals surface area contributed by atoms with Gasteiger partial charge in [0.2, 0.25) is 6.79 Å². The van der Waals surface area contributed by atoms with Crippen LogP contribution in [0.1, 0.15) is 30.4 Å².